The molecule has 2 rings (SSSR count). The lowest BCUT2D eigenvalue weighted by atomic mass is 9.87. The third-order valence-corrected chi connectivity index (χ3v) is 5.20. The van der Waals surface area contributed by atoms with E-state index in [2.05, 4.69) is 48.3 Å². The second-order valence-corrected chi connectivity index (χ2v) is 6.42. The van der Waals surface area contributed by atoms with Crippen LogP contribution in [0.1, 0.15) is 44.3 Å². The molecule has 1 saturated heterocycles. The maximum atomic E-state index is 4.62. The first-order valence-corrected chi connectivity index (χ1v) is 7.87. The van der Waals surface area contributed by atoms with Gasteiger partial charge in [0, 0.05) is 35.7 Å². The van der Waals surface area contributed by atoms with Crippen LogP contribution < -0.4 is 5.32 Å². The van der Waals surface area contributed by atoms with Gasteiger partial charge in [-0.15, -0.1) is 11.3 Å². The molecule has 1 N–H and O–H groups in total. The summed E-state index contributed by atoms with van der Waals surface area (Å²) in [5.74, 6) is 0. The van der Waals surface area contributed by atoms with Gasteiger partial charge < -0.3 is 5.32 Å². The molecule has 1 fully saturated rings. The third-order valence-electron chi connectivity index (χ3n) is 4.25. The summed E-state index contributed by atoms with van der Waals surface area (Å²) in [5, 5.41) is 7.05. The lowest BCUT2D eigenvalue weighted by Crippen LogP contribution is -2.63. The van der Waals surface area contributed by atoms with E-state index in [9.17, 15) is 0 Å². The minimum Gasteiger partial charge on any atom is -0.311 e. The number of hydrogen-bond donors (Lipinski definition) is 1. The fourth-order valence-electron chi connectivity index (χ4n) is 2.88. The Morgan fingerprint density at radius 2 is 2.22 bits per heavy atom. The molecule has 4 heteroatoms. The molecule has 0 aliphatic carbocycles. The van der Waals surface area contributed by atoms with Crippen molar-refractivity contribution < 1.29 is 0 Å². The van der Waals surface area contributed by atoms with Gasteiger partial charge in [0.15, 0.2) is 0 Å². The number of thiazole rings is 1. The molecule has 102 valence electrons. The average molecular weight is 267 g/mol. The smallest absolute Gasteiger partial charge is 0.107 e. The molecule has 3 nitrogen and oxygen atoms in total. The largest absolute Gasteiger partial charge is 0.311 e. The van der Waals surface area contributed by atoms with E-state index in [1.807, 2.05) is 0 Å². The summed E-state index contributed by atoms with van der Waals surface area (Å²) >= 11 is 1.79. The molecule has 0 aromatic carbocycles. The van der Waals surface area contributed by atoms with Gasteiger partial charge in [-0.1, -0.05) is 13.8 Å². The summed E-state index contributed by atoms with van der Waals surface area (Å²) in [6.45, 7) is 12.2. The van der Waals surface area contributed by atoms with Crippen molar-refractivity contribution in [3.63, 3.8) is 0 Å². The highest BCUT2D eigenvalue weighted by atomic mass is 32.1. The number of nitrogens with one attached hydrogen (secondary N) is 1. The SMILES string of the molecule is CCC1(CC)CNC(C)CN1Cc1nc(C)cs1. The molecule has 1 aromatic rings. The number of piperazine rings is 1. The van der Waals surface area contributed by atoms with Crippen molar-refractivity contribution in [1.82, 2.24) is 15.2 Å². The molecular formula is C14H25N3S. The summed E-state index contributed by atoms with van der Waals surface area (Å²) < 4.78 is 0. The van der Waals surface area contributed by atoms with Crippen molar-refractivity contribution in [3.8, 4) is 0 Å². The summed E-state index contributed by atoms with van der Waals surface area (Å²) in [4.78, 5) is 7.27. The number of rotatable bonds is 4. The second-order valence-electron chi connectivity index (χ2n) is 5.48. The predicted octanol–water partition coefficient (Wildman–Crippen LogP) is 2.80. The Balaban J connectivity index is 2.15. The topological polar surface area (TPSA) is 28.2 Å². The van der Waals surface area contributed by atoms with Gasteiger partial charge in [0.1, 0.15) is 5.01 Å². The third kappa shape index (κ3) is 2.76. The highest BCUT2D eigenvalue weighted by molar-refractivity contribution is 7.09. The summed E-state index contributed by atoms with van der Waals surface area (Å²) in [6.07, 6.45) is 2.40. The van der Waals surface area contributed by atoms with Gasteiger partial charge in [-0.2, -0.15) is 0 Å². The van der Waals surface area contributed by atoms with Crippen molar-refractivity contribution in [1.29, 1.82) is 0 Å². The van der Waals surface area contributed by atoms with Crippen LogP contribution in [0.25, 0.3) is 0 Å². The number of nitrogens with zero attached hydrogens (tertiary/aromatic N) is 2. The highest BCUT2D eigenvalue weighted by Crippen LogP contribution is 2.29. The Kier molecular flexibility index (Phi) is 4.41. The van der Waals surface area contributed by atoms with Crippen LogP contribution in [0.5, 0.6) is 0 Å². The molecule has 0 bridgehead atoms. The van der Waals surface area contributed by atoms with Gasteiger partial charge in [0.25, 0.3) is 0 Å². The predicted molar refractivity (Wildman–Crippen MR) is 78.0 cm³/mol. The molecule has 18 heavy (non-hydrogen) atoms. The van der Waals surface area contributed by atoms with Crippen LogP contribution in [0, 0.1) is 6.92 Å². The Labute approximate surface area is 115 Å². The first-order valence-electron chi connectivity index (χ1n) is 6.99. The molecule has 0 radical (unpaired) electrons. The van der Waals surface area contributed by atoms with E-state index in [4.69, 9.17) is 0 Å². The highest BCUT2D eigenvalue weighted by Gasteiger charge is 2.37. The monoisotopic (exact) mass is 267 g/mol. The summed E-state index contributed by atoms with van der Waals surface area (Å²) in [6, 6.07) is 0.581. The molecule has 1 aromatic heterocycles. The number of aromatic nitrogens is 1. The van der Waals surface area contributed by atoms with Gasteiger partial charge in [-0.05, 0) is 26.7 Å². The fraction of sp³-hybridized carbons (Fsp3) is 0.786. The van der Waals surface area contributed by atoms with Gasteiger partial charge in [0.05, 0.1) is 6.54 Å². The van der Waals surface area contributed by atoms with E-state index in [1.54, 1.807) is 11.3 Å². The molecule has 2 heterocycles. The van der Waals surface area contributed by atoms with Gasteiger partial charge in [0.2, 0.25) is 0 Å². The molecule has 1 aliphatic rings. The van der Waals surface area contributed by atoms with Crippen molar-refractivity contribution in [2.24, 2.45) is 0 Å². The van der Waals surface area contributed by atoms with Crippen molar-refractivity contribution in [2.75, 3.05) is 13.1 Å². The number of aryl methyl sites for hydroxylation is 1. The number of hydrogen-bond acceptors (Lipinski definition) is 4. The van der Waals surface area contributed by atoms with Crippen molar-refractivity contribution >= 4 is 11.3 Å². The molecule has 1 aliphatic heterocycles. The normalized spacial score (nSPS) is 24.3. The van der Waals surface area contributed by atoms with Crippen molar-refractivity contribution in [2.45, 2.75) is 58.7 Å². The van der Waals surface area contributed by atoms with E-state index in [-0.39, 0.29) is 0 Å². The van der Waals surface area contributed by atoms with Gasteiger partial charge in [-0.25, -0.2) is 4.98 Å². The van der Waals surface area contributed by atoms with E-state index in [0.29, 0.717) is 11.6 Å². The van der Waals surface area contributed by atoms with Gasteiger partial charge in [-0.3, -0.25) is 4.90 Å². The standard InChI is InChI=1S/C14H25N3S/c1-5-14(6-2)10-15-11(3)7-17(14)8-13-16-12(4)9-18-13/h9,11,15H,5-8,10H2,1-4H3. The van der Waals surface area contributed by atoms with E-state index >= 15 is 0 Å². The first-order chi connectivity index (χ1) is 8.59. The molecule has 1 unspecified atom stereocenters. The van der Waals surface area contributed by atoms with Crippen molar-refractivity contribution in [3.05, 3.63) is 16.1 Å². The fourth-order valence-corrected chi connectivity index (χ4v) is 3.67. The Morgan fingerprint density at radius 3 is 2.78 bits per heavy atom. The van der Waals surface area contributed by atoms with Crippen LogP contribution >= 0.6 is 11.3 Å². The molecule has 1 atom stereocenters. The van der Waals surface area contributed by atoms with Crippen LogP contribution in [0.3, 0.4) is 0 Å². The maximum Gasteiger partial charge on any atom is 0.107 e. The van der Waals surface area contributed by atoms with Crippen LogP contribution in [0.15, 0.2) is 5.38 Å². The molecule has 0 amide bonds. The molecular weight excluding hydrogens is 242 g/mol. The first kappa shape index (κ1) is 14.0. The summed E-state index contributed by atoms with van der Waals surface area (Å²) in [5.41, 5.74) is 1.46. The minimum atomic E-state index is 0.312. The summed E-state index contributed by atoms with van der Waals surface area (Å²) in [7, 11) is 0. The Morgan fingerprint density at radius 1 is 1.50 bits per heavy atom. The Bertz CT molecular complexity index is 384. The zero-order valence-electron chi connectivity index (χ0n) is 12.0. The molecule has 0 spiro atoms. The van der Waals surface area contributed by atoms with E-state index < -0.39 is 0 Å². The zero-order valence-corrected chi connectivity index (χ0v) is 12.8. The molecule has 0 saturated carbocycles. The maximum absolute atomic E-state index is 4.62. The lowest BCUT2D eigenvalue weighted by Gasteiger charge is -2.48. The van der Waals surface area contributed by atoms with Crippen LogP contribution in [-0.2, 0) is 6.54 Å². The Hall–Kier alpha value is -0.450. The zero-order chi connectivity index (χ0) is 13.2. The van der Waals surface area contributed by atoms with E-state index in [0.717, 1.165) is 25.3 Å². The average Bonchev–Trinajstić information content (AvgIpc) is 2.76. The second kappa shape index (κ2) is 5.68. The van der Waals surface area contributed by atoms with E-state index in [1.165, 1.54) is 17.8 Å². The van der Waals surface area contributed by atoms with Gasteiger partial charge >= 0.3 is 0 Å². The quantitative estimate of drug-likeness (QED) is 0.909. The van der Waals surface area contributed by atoms with Crippen LogP contribution in [0.4, 0.5) is 0 Å². The van der Waals surface area contributed by atoms with Crippen LogP contribution in [0.2, 0.25) is 0 Å². The minimum absolute atomic E-state index is 0.312. The lowest BCUT2D eigenvalue weighted by molar-refractivity contribution is 0.0278. The van der Waals surface area contributed by atoms with Crippen LogP contribution in [-0.4, -0.2) is 34.6 Å².